The number of nitrogens with zero attached hydrogens (tertiary/aromatic N) is 3. The number of benzene rings is 3. The van der Waals surface area contributed by atoms with E-state index in [0.29, 0.717) is 33.7 Å². The predicted molar refractivity (Wildman–Crippen MR) is 117 cm³/mol. The highest BCUT2D eigenvalue weighted by atomic mass is 16.5. The molecule has 8 nitrogen and oxygen atoms in total. The van der Waals surface area contributed by atoms with Gasteiger partial charge in [-0.25, -0.2) is 4.68 Å². The molecule has 4 aromatic rings. The van der Waals surface area contributed by atoms with Crippen LogP contribution in [0.4, 0.5) is 5.69 Å². The molecule has 8 heteroatoms. The second-order valence-electron chi connectivity index (χ2n) is 6.79. The molecular weight excluding hydrogens is 396 g/mol. The van der Waals surface area contributed by atoms with Crippen LogP contribution in [0.5, 0.6) is 11.5 Å². The zero-order valence-electron chi connectivity index (χ0n) is 17.0. The van der Waals surface area contributed by atoms with E-state index in [9.17, 15) is 9.59 Å². The Labute approximate surface area is 178 Å². The van der Waals surface area contributed by atoms with Crippen molar-refractivity contribution >= 4 is 22.5 Å². The Morgan fingerprint density at radius 2 is 1.77 bits per heavy atom. The van der Waals surface area contributed by atoms with Crippen LogP contribution in [0, 0.1) is 0 Å². The average Bonchev–Trinajstić information content (AvgIpc) is 2.81. The van der Waals surface area contributed by atoms with Crippen LogP contribution in [-0.2, 0) is 6.54 Å². The topological polar surface area (TPSA) is 95.3 Å². The van der Waals surface area contributed by atoms with Gasteiger partial charge in [-0.3, -0.25) is 9.59 Å². The zero-order chi connectivity index (χ0) is 21.8. The third-order valence-electron chi connectivity index (χ3n) is 4.83. The van der Waals surface area contributed by atoms with Gasteiger partial charge in [0, 0.05) is 11.6 Å². The predicted octanol–water partition coefficient (Wildman–Crippen LogP) is 3.11. The summed E-state index contributed by atoms with van der Waals surface area (Å²) in [7, 11) is 3.09. The van der Waals surface area contributed by atoms with Gasteiger partial charge < -0.3 is 14.8 Å². The highest BCUT2D eigenvalue weighted by molar-refractivity contribution is 6.05. The van der Waals surface area contributed by atoms with E-state index in [2.05, 4.69) is 15.6 Å². The second kappa shape index (κ2) is 8.66. The largest absolute Gasteiger partial charge is 0.497 e. The minimum absolute atomic E-state index is 0.209. The van der Waals surface area contributed by atoms with Crippen molar-refractivity contribution < 1.29 is 14.3 Å². The van der Waals surface area contributed by atoms with Crippen molar-refractivity contribution in [1.82, 2.24) is 15.0 Å². The molecule has 0 fully saturated rings. The van der Waals surface area contributed by atoms with Crippen molar-refractivity contribution in [2.75, 3.05) is 19.5 Å². The fourth-order valence-corrected chi connectivity index (χ4v) is 3.16. The Morgan fingerprint density at radius 1 is 1.00 bits per heavy atom. The van der Waals surface area contributed by atoms with E-state index in [-0.39, 0.29) is 18.0 Å². The summed E-state index contributed by atoms with van der Waals surface area (Å²) in [5.74, 6) is 0.850. The monoisotopic (exact) mass is 416 g/mol. The highest BCUT2D eigenvalue weighted by Gasteiger charge is 2.12. The molecule has 0 bridgehead atoms. The number of anilines is 1. The molecule has 0 saturated carbocycles. The number of carbonyl (C=O) groups is 1. The molecule has 0 unspecified atom stereocenters. The molecule has 0 aliphatic carbocycles. The van der Waals surface area contributed by atoms with Crippen molar-refractivity contribution in [3.63, 3.8) is 0 Å². The van der Waals surface area contributed by atoms with Crippen molar-refractivity contribution in [3.8, 4) is 11.5 Å². The van der Waals surface area contributed by atoms with Crippen LogP contribution in [0.3, 0.4) is 0 Å². The van der Waals surface area contributed by atoms with Crippen LogP contribution in [-0.4, -0.2) is 35.1 Å². The fraction of sp³-hybridized carbons (Fsp3) is 0.130. The summed E-state index contributed by atoms with van der Waals surface area (Å²) in [6, 6.07) is 19.2. The first kappa shape index (κ1) is 20.1. The Kier molecular flexibility index (Phi) is 5.61. The molecule has 156 valence electrons. The maximum Gasteiger partial charge on any atom is 0.277 e. The quantitative estimate of drug-likeness (QED) is 0.519. The summed E-state index contributed by atoms with van der Waals surface area (Å²) < 4.78 is 11.8. The third-order valence-corrected chi connectivity index (χ3v) is 4.83. The van der Waals surface area contributed by atoms with Gasteiger partial charge in [-0.05, 0) is 42.0 Å². The van der Waals surface area contributed by atoms with Crippen LogP contribution in [0.15, 0.2) is 71.5 Å². The summed E-state index contributed by atoms with van der Waals surface area (Å²) in [4.78, 5) is 25.2. The van der Waals surface area contributed by atoms with E-state index in [1.165, 1.54) is 11.8 Å². The maximum absolute atomic E-state index is 12.6. The van der Waals surface area contributed by atoms with E-state index in [1.807, 2.05) is 6.07 Å². The molecule has 0 aliphatic heterocycles. The smallest absolute Gasteiger partial charge is 0.277 e. The van der Waals surface area contributed by atoms with Crippen LogP contribution in [0.2, 0.25) is 0 Å². The Bertz CT molecular complexity index is 1300. The lowest BCUT2D eigenvalue weighted by molar-refractivity contribution is 0.102. The summed E-state index contributed by atoms with van der Waals surface area (Å²) in [6.45, 7) is 0.255. The van der Waals surface area contributed by atoms with E-state index in [4.69, 9.17) is 9.47 Å². The van der Waals surface area contributed by atoms with Gasteiger partial charge in [0.25, 0.3) is 11.5 Å². The van der Waals surface area contributed by atoms with Crippen molar-refractivity contribution in [1.29, 1.82) is 0 Å². The zero-order valence-corrected chi connectivity index (χ0v) is 17.0. The first-order valence-electron chi connectivity index (χ1n) is 9.54. The van der Waals surface area contributed by atoms with Crippen LogP contribution in [0.25, 0.3) is 10.9 Å². The molecule has 1 N–H and O–H groups in total. The molecule has 0 atom stereocenters. The first-order valence-corrected chi connectivity index (χ1v) is 9.54. The Hall–Kier alpha value is -4.20. The van der Waals surface area contributed by atoms with Crippen LogP contribution >= 0.6 is 0 Å². The molecule has 0 radical (unpaired) electrons. The molecule has 0 aliphatic rings. The third kappa shape index (κ3) is 4.23. The number of methoxy groups -OCH3 is 2. The fourth-order valence-electron chi connectivity index (χ4n) is 3.16. The minimum atomic E-state index is -0.280. The normalized spacial score (nSPS) is 10.6. The van der Waals surface area contributed by atoms with Crippen molar-refractivity contribution in [2.45, 2.75) is 6.54 Å². The summed E-state index contributed by atoms with van der Waals surface area (Å²) in [5.41, 5.74) is 2.18. The SMILES string of the molecule is COc1ccc(NC(=O)c2ccc(Cn3nnc4ccccc4c3=O)cc2)c(OC)c1. The minimum Gasteiger partial charge on any atom is -0.497 e. The molecule has 3 aromatic carbocycles. The summed E-state index contributed by atoms with van der Waals surface area (Å²) in [5, 5.41) is 11.4. The first-order chi connectivity index (χ1) is 15.1. The van der Waals surface area contributed by atoms with Gasteiger partial charge in [0.2, 0.25) is 0 Å². The number of amides is 1. The second-order valence-corrected chi connectivity index (χ2v) is 6.79. The lowest BCUT2D eigenvalue weighted by atomic mass is 10.1. The number of carbonyl (C=O) groups excluding carboxylic acids is 1. The summed E-state index contributed by atoms with van der Waals surface area (Å²) in [6.07, 6.45) is 0. The molecule has 4 rings (SSSR count). The van der Waals surface area contributed by atoms with E-state index in [1.54, 1.807) is 67.8 Å². The van der Waals surface area contributed by atoms with E-state index >= 15 is 0 Å². The lowest BCUT2D eigenvalue weighted by Crippen LogP contribution is -2.24. The molecule has 1 aromatic heterocycles. The molecule has 31 heavy (non-hydrogen) atoms. The standard InChI is InChI=1S/C23H20N4O4/c1-30-17-11-12-20(21(13-17)31-2)24-22(28)16-9-7-15(8-10-16)14-27-23(29)18-5-3-4-6-19(18)25-26-27/h3-13H,14H2,1-2H3,(H,24,28). The number of ether oxygens (including phenoxy) is 2. The van der Waals surface area contributed by atoms with Gasteiger partial charge in [-0.1, -0.05) is 29.5 Å². The van der Waals surface area contributed by atoms with Gasteiger partial charge in [0.05, 0.1) is 31.8 Å². The number of hydrogen-bond acceptors (Lipinski definition) is 6. The van der Waals surface area contributed by atoms with Crippen LogP contribution in [0.1, 0.15) is 15.9 Å². The Morgan fingerprint density at radius 3 is 2.52 bits per heavy atom. The number of nitrogens with one attached hydrogen (secondary N) is 1. The van der Waals surface area contributed by atoms with E-state index in [0.717, 1.165) is 5.56 Å². The number of rotatable bonds is 6. The van der Waals surface area contributed by atoms with Crippen molar-refractivity contribution in [2.24, 2.45) is 0 Å². The molecule has 1 heterocycles. The lowest BCUT2D eigenvalue weighted by Gasteiger charge is -2.12. The van der Waals surface area contributed by atoms with Gasteiger partial charge in [0.1, 0.15) is 17.0 Å². The maximum atomic E-state index is 12.6. The molecular formula is C23H20N4O4. The number of aromatic nitrogens is 3. The van der Waals surface area contributed by atoms with Crippen LogP contribution < -0.4 is 20.3 Å². The van der Waals surface area contributed by atoms with Gasteiger partial charge in [-0.15, -0.1) is 5.10 Å². The van der Waals surface area contributed by atoms with Gasteiger partial charge in [0.15, 0.2) is 0 Å². The highest BCUT2D eigenvalue weighted by Crippen LogP contribution is 2.29. The molecule has 0 saturated heterocycles. The summed E-state index contributed by atoms with van der Waals surface area (Å²) >= 11 is 0. The molecule has 0 spiro atoms. The average molecular weight is 416 g/mol. The number of hydrogen-bond donors (Lipinski definition) is 1. The van der Waals surface area contributed by atoms with Crippen molar-refractivity contribution in [3.05, 3.63) is 88.2 Å². The molecule has 1 amide bonds. The van der Waals surface area contributed by atoms with Gasteiger partial charge >= 0.3 is 0 Å². The Balaban J connectivity index is 1.50. The van der Waals surface area contributed by atoms with Gasteiger partial charge in [-0.2, -0.15) is 0 Å². The number of fused-ring (bicyclic) bond motifs is 1. The van der Waals surface area contributed by atoms with E-state index < -0.39 is 0 Å².